The zero-order valence-corrected chi connectivity index (χ0v) is 11.2. The third-order valence-corrected chi connectivity index (χ3v) is 2.77. The molecule has 4 heteroatoms. The molecule has 0 aliphatic rings. The number of ether oxygens (including phenoxy) is 2. The average molecular weight is 251 g/mol. The highest BCUT2D eigenvalue weighted by Crippen LogP contribution is 2.14. The second kappa shape index (κ2) is 7.71. The van der Waals surface area contributed by atoms with Gasteiger partial charge in [-0.15, -0.1) is 0 Å². The number of carbonyl (C=O) groups excluding carboxylic acids is 1. The topological polar surface area (TPSA) is 47.6 Å². The van der Waals surface area contributed by atoms with E-state index >= 15 is 0 Å². The SMILES string of the molecule is CCOc1ccc(CC(CC(=O)OC)NC)cc1. The fourth-order valence-electron chi connectivity index (χ4n) is 1.73. The standard InChI is InChI=1S/C14H21NO3/c1-4-18-13-7-5-11(6-8-13)9-12(15-2)10-14(16)17-3/h5-8,12,15H,4,9-10H2,1-3H3. The number of nitrogens with one attached hydrogen (secondary N) is 1. The summed E-state index contributed by atoms with van der Waals surface area (Å²) in [5, 5.41) is 3.12. The number of esters is 1. The van der Waals surface area contributed by atoms with Crippen LogP contribution in [0.4, 0.5) is 0 Å². The molecule has 0 heterocycles. The molecule has 1 aromatic rings. The Balaban J connectivity index is 2.56. The highest BCUT2D eigenvalue weighted by Gasteiger charge is 2.12. The van der Waals surface area contributed by atoms with Crippen molar-refractivity contribution in [3.63, 3.8) is 0 Å². The quantitative estimate of drug-likeness (QED) is 0.750. The predicted octanol–water partition coefficient (Wildman–Crippen LogP) is 1.78. The third kappa shape index (κ3) is 4.75. The Morgan fingerprint density at radius 1 is 1.33 bits per heavy atom. The fourth-order valence-corrected chi connectivity index (χ4v) is 1.73. The van der Waals surface area contributed by atoms with Crippen molar-refractivity contribution >= 4 is 5.97 Å². The minimum Gasteiger partial charge on any atom is -0.494 e. The number of hydrogen-bond acceptors (Lipinski definition) is 4. The van der Waals surface area contributed by atoms with E-state index in [9.17, 15) is 4.79 Å². The van der Waals surface area contributed by atoms with Gasteiger partial charge in [-0.05, 0) is 38.1 Å². The summed E-state index contributed by atoms with van der Waals surface area (Å²) in [6.07, 6.45) is 1.16. The molecule has 0 spiro atoms. The second-order valence-corrected chi connectivity index (χ2v) is 4.05. The van der Waals surface area contributed by atoms with Crippen LogP contribution in [-0.4, -0.2) is 32.8 Å². The lowest BCUT2D eigenvalue weighted by molar-refractivity contribution is -0.141. The van der Waals surface area contributed by atoms with E-state index in [1.807, 2.05) is 38.2 Å². The molecule has 1 N–H and O–H groups in total. The van der Waals surface area contributed by atoms with E-state index in [4.69, 9.17) is 4.74 Å². The van der Waals surface area contributed by atoms with Crippen LogP contribution in [0.25, 0.3) is 0 Å². The van der Waals surface area contributed by atoms with Crippen LogP contribution in [-0.2, 0) is 16.0 Å². The lowest BCUT2D eigenvalue weighted by atomic mass is 10.0. The average Bonchev–Trinajstić information content (AvgIpc) is 2.40. The van der Waals surface area contributed by atoms with Crippen molar-refractivity contribution in [3.8, 4) is 5.75 Å². The molecule has 4 nitrogen and oxygen atoms in total. The van der Waals surface area contributed by atoms with E-state index in [-0.39, 0.29) is 12.0 Å². The molecule has 0 saturated heterocycles. The maximum absolute atomic E-state index is 11.2. The smallest absolute Gasteiger partial charge is 0.307 e. The number of hydrogen-bond donors (Lipinski definition) is 1. The van der Waals surface area contributed by atoms with Crippen LogP contribution in [0.15, 0.2) is 24.3 Å². The first-order valence-electron chi connectivity index (χ1n) is 6.15. The van der Waals surface area contributed by atoms with Gasteiger partial charge in [0, 0.05) is 6.04 Å². The molecular weight excluding hydrogens is 230 g/mol. The maximum atomic E-state index is 11.2. The van der Waals surface area contributed by atoms with Crippen molar-refractivity contribution in [2.24, 2.45) is 0 Å². The Labute approximate surface area is 108 Å². The van der Waals surface area contributed by atoms with Crippen LogP contribution in [0.1, 0.15) is 18.9 Å². The summed E-state index contributed by atoms with van der Waals surface area (Å²) in [5.74, 6) is 0.676. The summed E-state index contributed by atoms with van der Waals surface area (Å²) in [7, 11) is 3.26. The van der Waals surface area contributed by atoms with Crippen LogP contribution in [0.3, 0.4) is 0 Å². The first-order valence-corrected chi connectivity index (χ1v) is 6.15. The molecule has 18 heavy (non-hydrogen) atoms. The van der Waals surface area contributed by atoms with Gasteiger partial charge in [-0.25, -0.2) is 0 Å². The highest BCUT2D eigenvalue weighted by atomic mass is 16.5. The summed E-state index contributed by atoms with van der Waals surface area (Å²) in [4.78, 5) is 11.2. The maximum Gasteiger partial charge on any atom is 0.307 e. The van der Waals surface area contributed by atoms with E-state index in [0.29, 0.717) is 13.0 Å². The van der Waals surface area contributed by atoms with Crippen LogP contribution in [0.5, 0.6) is 5.75 Å². The third-order valence-electron chi connectivity index (χ3n) is 2.77. The van der Waals surface area contributed by atoms with Gasteiger partial charge >= 0.3 is 5.97 Å². The first kappa shape index (κ1) is 14.5. The second-order valence-electron chi connectivity index (χ2n) is 4.05. The van der Waals surface area contributed by atoms with Gasteiger partial charge in [0.05, 0.1) is 20.1 Å². The van der Waals surface area contributed by atoms with Crippen molar-refractivity contribution in [3.05, 3.63) is 29.8 Å². The Morgan fingerprint density at radius 3 is 2.50 bits per heavy atom. The fraction of sp³-hybridized carbons (Fsp3) is 0.500. The van der Waals surface area contributed by atoms with Gasteiger partial charge in [0.15, 0.2) is 0 Å². The van der Waals surface area contributed by atoms with Crippen molar-refractivity contribution in [2.45, 2.75) is 25.8 Å². The summed E-state index contributed by atoms with van der Waals surface area (Å²) in [6, 6.07) is 8.03. The molecule has 1 rings (SSSR count). The van der Waals surface area contributed by atoms with Crippen LogP contribution in [0, 0.1) is 0 Å². The zero-order valence-electron chi connectivity index (χ0n) is 11.2. The largest absolute Gasteiger partial charge is 0.494 e. The molecule has 1 atom stereocenters. The van der Waals surface area contributed by atoms with E-state index in [2.05, 4.69) is 10.1 Å². The predicted molar refractivity (Wildman–Crippen MR) is 70.8 cm³/mol. The number of benzene rings is 1. The molecule has 0 amide bonds. The molecule has 0 radical (unpaired) electrons. The van der Waals surface area contributed by atoms with Crippen molar-refractivity contribution in [1.82, 2.24) is 5.32 Å². The number of likely N-dealkylation sites (N-methyl/N-ethyl adjacent to an activating group) is 1. The number of rotatable bonds is 7. The highest BCUT2D eigenvalue weighted by molar-refractivity contribution is 5.69. The molecule has 100 valence electrons. The van der Waals surface area contributed by atoms with Crippen molar-refractivity contribution < 1.29 is 14.3 Å². The Morgan fingerprint density at radius 2 is 2.00 bits per heavy atom. The Hall–Kier alpha value is -1.55. The van der Waals surface area contributed by atoms with E-state index in [1.54, 1.807) is 0 Å². The molecule has 0 bridgehead atoms. The summed E-state index contributed by atoms with van der Waals surface area (Å²) < 4.78 is 10.1. The van der Waals surface area contributed by atoms with Gasteiger partial charge in [-0.2, -0.15) is 0 Å². The lowest BCUT2D eigenvalue weighted by Gasteiger charge is -2.15. The van der Waals surface area contributed by atoms with E-state index in [0.717, 1.165) is 12.2 Å². The zero-order chi connectivity index (χ0) is 13.4. The molecule has 0 fully saturated rings. The lowest BCUT2D eigenvalue weighted by Crippen LogP contribution is -2.30. The Kier molecular flexibility index (Phi) is 6.22. The summed E-state index contributed by atoms with van der Waals surface area (Å²) >= 11 is 0. The molecule has 1 aromatic carbocycles. The van der Waals surface area contributed by atoms with Gasteiger partial charge in [-0.3, -0.25) is 4.79 Å². The van der Waals surface area contributed by atoms with Crippen LogP contribution in [0.2, 0.25) is 0 Å². The Bertz CT molecular complexity index is 362. The van der Waals surface area contributed by atoms with Gasteiger partial charge < -0.3 is 14.8 Å². The van der Waals surface area contributed by atoms with Crippen molar-refractivity contribution in [2.75, 3.05) is 20.8 Å². The van der Waals surface area contributed by atoms with E-state index in [1.165, 1.54) is 12.7 Å². The number of carbonyl (C=O) groups is 1. The van der Waals surface area contributed by atoms with Gasteiger partial charge in [0.1, 0.15) is 5.75 Å². The van der Waals surface area contributed by atoms with Crippen molar-refractivity contribution in [1.29, 1.82) is 0 Å². The molecule has 0 aromatic heterocycles. The number of methoxy groups -OCH3 is 1. The molecule has 0 aliphatic carbocycles. The minimum atomic E-state index is -0.194. The first-order chi connectivity index (χ1) is 8.69. The normalized spacial score (nSPS) is 11.9. The van der Waals surface area contributed by atoms with Crippen LogP contribution < -0.4 is 10.1 Å². The molecular formula is C14H21NO3. The monoisotopic (exact) mass is 251 g/mol. The molecule has 0 saturated carbocycles. The minimum absolute atomic E-state index is 0.0930. The van der Waals surface area contributed by atoms with Crippen LogP contribution >= 0.6 is 0 Å². The summed E-state index contributed by atoms with van der Waals surface area (Å²) in [6.45, 7) is 2.63. The molecule has 1 unspecified atom stereocenters. The van der Waals surface area contributed by atoms with Gasteiger partial charge in [-0.1, -0.05) is 12.1 Å². The van der Waals surface area contributed by atoms with Gasteiger partial charge in [0.25, 0.3) is 0 Å². The van der Waals surface area contributed by atoms with Gasteiger partial charge in [0.2, 0.25) is 0 Å². The van der Waals surface area contributed by atoms with E-state index < -0.39 is 0 Å². The molecule has 0 aliphatic heterocycles. The summed E-state index contributed by atoms with van der Waals surface area (Å²) in [5.41, 5.74) is 1.17.